The van der Waals surface area contributed by atoms with Crippen molar-refractivity contribution in [1.29, 1.82) is 0 Å². The molecule has 35 atom stereocenters. The number of hydrogen-bond acceptors (Lipinski definition) is 41. The molecule has 2 amide bonds. The van der Waals surface area contributed by atoms with Gasteiger partial charge in [-0.1, -0.05) is 10.4 Å². The minimum atomic E-state index is -2.31. The molecule has 21 saturated heterocycles. The highest BCUT2D eigenvalue weighted by atomic mass is 16.8. The quantitative estimate of drug-likeness (QED) is 0.0734. The minimum Gasteiger partial charge on any atom is -0.394 e. The summed E-state index contributed by atoms with van der Waals surface area (Å²) in [4.78, 5) is 24.4. The SMILES string of the molecule is O=C(NO)c1cn(C[C@H]2O[C@@H]3O[C@H]4[C@H](O)[C@@H](O)[C@@H](O[C@H]5[C@H](O)[C@@H](O)[C@@H](O[C@H]6[C@H](O)[C@@H](O)[C@@H](O[C@H]7[C@H](O)[C@@H](O)[C@@H](O[C@H]8[C@H](O)[C@@H](O)[C@@H](O[C@H]9[C@H](O)[C@@H](O)[C@@H](O[C@H]2[C@H](O)[C@H]3O)O[C@@H]9CO)O[C@@H]8CO)O[C@@H]7CO)O[C@@H]6Cn2cc(C(=O)NO)nn2)O[C@@H]5CO)O[C@@H]4CO)nn1. The molecular weight excluding hydrogens is 1280 g/mol. The molecule has 0 spiro atoms. The van der Waals surface area contributed by atoms with Crippen LogP contribution in [-0.2, 0) is 79.4 Å². The molecule has 14 bridgehead atoms. The normalized spacial score (nSPS) is 47.7. The van der Waals surface area contributed by atoms with E-state index in [4.69, 9.17) is 66.3 Å². The second-order valence-electron chi connectivity index (χ2n) is 22.8. The summed E-state index contributed by atoms with van der Waals surface area (Å²) in [6.07, 6.45) is -71.5. The van der Waals surface area contributed by atoms with Gasteiger partial charge in [-0.2, -0.15) is 0 Å². The van der Waals surface area contributed by atoms with E-state index in [0.29, 0.717) is 0 Å². The summed E-state index contributed by atoms with van der Waals surface area (Å²) < 4.78 is 83.7. The van der Waals surface area contributed by atoms with Gasteiger partial charge in [0.05, 0.1) is 58.5 Å². The number of carbonyl (C=O) groups excluding carboxylic acids is 2. The van der Waals surface area contributed by atoms with Crippen molar-refractivity contribution < 1.29 is 183 Å². The van der Waals surface area contributed by atoms with Crippen molar-refractivity contribution >= 4 is 11.8 Å². The molecule has 2 aromatic heterocycles. The summed E-state index contributed by atoms with van der Waals surface area (Å²) >= 11 is 0. The van der Waals surface area contributed by atoms with Crippen LogP contribution in [0.25, 0.3) is 0 Å². The van der Waals surface area contributed by atoms with E-state index in [1.54, 1.807) is 0 Å². The predicted molar refractivity (Wildman–Crippen MR) is 273 cm³/mol. The molecule has 0 radical (unpaired) electrons. The van der Waals surface area contributed by atoms with Gasteiger partial charge in [-0.3, -0.25) is 20.0 Å². The average molecular weight is 1360 g/mol. The van der Waals surface area contributed by atoms with Gasteiger partial charge in [0.25, 0.3) is 11.8 Å². The van der Waals surface area contributed by atoms with Crippen molar-refractivity contribution in [2.24, 2.45) is 0 Å². The van der Waals surface area contributed by atoms with E-state index in [1.165, 1.54) is 11.0 Å². The molecule has 23 N–H and O–H groups in total. The van der Waals surface area contributed by atoms with E-state index in [0.717, 1.165) is 21.8 Å². The van der Waals surface area contributed by atoms with Gasteiger partial charge >= 0.3 is 0 Å². The minimum absolute atomic E-state index is 0.491. The number of aromatic nitrogens is 6. The monoisotopic (exact) mass is 1350 g/mol. The van der Waals surface area contributed by atoms with Gasteiger partial charge in [0, 0.05) is 0 Å². The van der Waals surface area contributed by atoms with Crippen molar-refractivity contribution in [2.45, 2.75) is 228 Å². The first-order valence-corrected chi connectivity index (χ1v) is 28.8. The zero-order valence-electron chi connectivity index (χ0n) is 47.9. The van der Waals surface area contributed by atoms with Gasteiger partial charge in [0.1, 0.15) is 171 Å². The summed E-state index contributed by atoms with van der Waals surface area (Å²) in [6.45, 7) is -6.91. The Morgan fingerprint density at radius 3 is 0.677 bits per heavy atom. The zero-order valence-corrected chi connectivity index (χ0v) is 47.9. The van der Waals surface area contributed by atoms with Crippen LogP contribution in [-0.4, -0.2) is 397 Å². The number of hydroxylamine groups is 2. The smallest absolute Gasteiger partial charge is 0.296 e. The van der Waals surface area contributed by atoms with Crippen LogP contribution in [0.4, 0.5) is 0 Å². The van der Waals surface area contributed by atoms with Crippen molar-refractivity contribution in [2.75, 3.05) is 33.0 Å². The highest BCUT2D eigenvalue weighted by Crippen LogP contribution is 2.39. The molecule has 0 unspecified atom stereocenters. The Morgan fingerprint density at radius 1 is 0.312 bits per heavy atom. The maximum absolute atomic E-state index is 12.2. The first-order chi connectivity index (χ1) is 44.4. The number of ether oxygens (including phenoxy) is 14. The molecule has 45 nitrogen and oxygen atoms in total. The molecule has 21 aliphatic heterocycles. The fourth-order valence-corrected chi connectivity index (χ4v) is 11.9. The van der Waals surface area contributed by atoms with Crippen LogP contribution >= 0.6 is 0 Å². The molecule has 0 aromatic carbocycles. The molecule has 21 fully saturated rings. The maximum Gasteiger partial charge on any atom is 0.296 e. The summed E-state index contributed by atoms with van der Waals surface area (Å²) in [5, 5.41) is 249. The Bertz CT molecular complexity index is 2680. The zero-order chi connectivity index (χ0) is 67.2. The lowest BCUT2D eigenvalue weighted by Gasteiger charge is -2.50. The first kappa shape index (κ1) is 71.6. The molecule has 21 aliphatic rings. The molecule has 528 valence electrons. The Morgan fingerprint density at radius 2 is 0.495 bits per heavy atom. The Labute approximate surface area is 520 Å². The molecular formula is C48H74N8O37. The first-order valence-electron chi connectivity index (χ1n) is 28.8. The van der Waals surface area contributed by atoms with Crippen molar-refractivity contribution in [3.05, 3.63) is 23.8 Å². The lowest BCUT2D eigenvalue weighted by atomic mass is 9.95. The summed E-state index contributed by atoms with van der Waals surface area (Å²) in [5.74, 6) is -2.31. The van der Waals surface area contributed by atoms with Crippen molar-refractivity contribution in [3.63, 3.8) is 0 Å². The molecule has 23 heterocycles. The Balaban J connectivity index is 0.973. The third-order valence-electron chi connectivity index (χ3n) is 16.9. The lowest BCUT2D eigenvalue weighted by Crippen LogP contribution is -2.68. The van der Waals surface area contributed by atoms with Gasteiger partial charge in [-0.05, 0) is 0 Å². The third kappa shape index (κ3) is 14.4. The predicted octanol–water partition coefficient (Wildman–Crippen LogP) is -16.4. The number of hydrogen-bond donors (Lipinski definition) is 23. The second-order valence-corrected chi connectivity index (χ2v) is 22.8. The number of carbonyl (C=O) groups is 2. The van der Waals surface area contributed by atoms with E-state index in [9.17, 15) is 117 Å². The van der Waals surface area contributed by atoms with E-state index >= 15 is 0 Å². The van der Waals surface area contributed by atoms with Gasteiger partial charge < -0.3 is 163 Å². The average Bonchev–Trinajstić information content (AvgIpc) is 0.875. The van der Waals surface area contributed by atoms with Gasteiger partial charge in [0.15, 0.2) is 55.4 Å². The number of nitrogens with one attached hydrogen (secondary N) is 2. The Kier molecular flexibility index (Phi) is 23.3. The van der Waals surface area contributed by atoms with Crippen LogP contribution in [0.2, 0.25) is 0 Å². The summed E-state index contributed by atoms with van der Waals surface area (Å²) in [7, 11) is 0. The van der Waals surface area contributed by atoms with E-state index in [1.807, 2.05) is 0 Å². The van der Waals surface area contributed by atoms with E-state index in [-0.39, 0.29) is 0 Å². The largest absolute Gasteiger partial charge is 0.394 e. The molecule has 45 heteroatoms. The molecule has 23 rings (SSSR count). The standard InChI is InChI=1S/C48H74N8O37/c57-5-14-35-23(66)30(73)46(84-14)91-37-16(7-59)82-44(28(71)21(37)64)87-33-12(3-55-1-10(49-53-55)40(76)51-78)81-43(27(70)20(33)63)90-36-15(6-58)85-47(31(74)24(36)67)93-39-18(9-61)86-48(32(75)25(39)68)92-38-17(8-60)83-45(29(72)22(38)65)88-34-13(80-42(89-35)26(69)19(34)62)4-56-2-11(50-54-56)41(77)52-79/h1-2,12-39,42-48,57-75,78-79H,3-9H2,(H,51,76)(H,52,77)/t12-,13-,14-,15-,16-,17-,18-,19-,20-,21-,22-,23-,24-,25-,26-,27-,28-,29-,30-,31-,32-,33-,34-,35-,36-,37-,38-,39-,42-,43-,44-,45-,46-,47-,48-/m1/s1. The number of aliphatic hydroxyl groups excluding tert-OH is 19. The van der Waals surface area contributed by atoms with E-state index < -0.39 is 284 Å². The Hall–Kier alpha value is -4.18. The topological polar surface area (TPSA) is 674 Å². The lowest BCUT2D eigenvalue weighted by molar-refractivity contribution is -0.396. The number of rotatable bonds is 11. The highest BCUT2D eigenvalue weighted by Gasteiger charge is 2.60. The number of nitrogens with zero attached hydrogens (tertiary/aromatic N) is 6. The van der Waals surface area contributed by atoms with Crippen molar-refractivity contribution in [3.8, 4) is 0 Å². The number of aliphatic hydroxyl groups is 19. The van der Waals surface area contributed by atoms with Crippen LogP contribution in [0.3, 0.4) is 0 Å². The number of amides is 2. The van der Waals surface area contributed by atoms with E-state index in [2.05, 4.69) is 20.6 Å². The third-order valence-corrected chi connectivity index (χ3v) is 16.9. The molecule has 0 saturated carbocycles. The molecule has 2 aromatic rings. The fraction of sp³-hybridized carbons (Fsp3) is 0.875. The van der Waals surface area contributed by atoms with Crippen LogP contribution in [0.1, 0.15) is 21.0 Å². The van der Waals surface area contributed by atoms with Crippen LogP contribution in [0.5, 0.6) is 0 Å². The summed E-state index contributed by atoms with van der Waals surface area (Å²) in [6, 6.07) is 0. The van der Waals surface area contributed by atoms with Crippen LogP contribution < -0.4 is 11.0 Å². The van der Waals surface area contributed by atoms with Gasteiger partial charge in [-0.25, -0.2) is 20.3 Å². The fourth-order valence-electron chi connectivity index (χ4n) is 11.9. The van der Waals surface area contributed by atoms with Gasteiger partial charge in [-0.15, -0.1) is 10.2 Å². The maximum atomic E-state index is 12.2. The molecule has 93 heavy (non-hydrogen) atoms. The van der Waals surface area contributed by atoms with Gasteiger partial charge in [0.2, 0.25) is 0 Å². The van der Waals surface area contributed by atoms with Crippen molar-refractivity contribution in [1.82, 2.24) is 40.9 Å². The summed E-state index contributed by atoms with van der Waals surface area (Å²) in [5.41, 5.74) is 1.70. The second kappa shape index (κ2) is 30.3. The highest BCUT2D eigenvalue weighted by molar-refractivity contribution is 5.91. The molecule has 0 aliphatic carbocycles. The van der Waals surface area contributed by atoms with Crippen LogP contribution in [0, 0.1) is 0 Å². The van der Waals surface area contributed by atoms with Crippen LogP contribution in [0.15, 0.2) is 12.4 Å².